The molecule has 2 aromatic carbocycles. The van der Waals surface area contributed by atoms with E-state index in [-0.39, 0.29) is 12.2 Å². The van der Waals surface area contributed by atoms with Crippen LogP contribution in [-0.2, 0) is 11.0 Å². The lowest BCUT2D eigenvalue weighted by atomic mass is 10.1. The molecule has 24 heavy (non-hydrogen) atoms. The summed E-state index contributed by atoms with van der Waals surface area (Å²) < 4.78 is 43.0. The first kappa shape index (κ1) is 17.5. The van der Waals surface area contributed by atoms with Crippen LogP contribution in [-0.4, -0.2) is 18.7 Å². The van der Waals surface area contributed by atoms with Crippen LogP contribution in [0.1, 0.15) is 16.7 Å². The Kier molecular flexibility index (Phi) is 5.57. The Morgan fingerprint density at radius 2 is 1.92 bits per heavy atom. The molecule has 0 aromatic heterocycles. The fraction of sp³-hybridized carbons (Fsp3) is 0.176. The molecule has 7 heteroatoms. The smallest absolute Gasteiger partial charge is 0.416 e. The molecule has 126 valence electrons. The van der Waals surface area contributed by atoms with E-state index >= 15 is 0 Å². The topological polar surface area (TPSA) is 50.7 Å². The van der Waals surface area contributed by atoms with Gasteiger partial charge in [-0.05, 0) is 36.8 Å². The summed E-state index contributed by atoms with van der Waals surface area (Å²) in [4.78, 5) is 11.6. The summed E-state index contributed by atoms with van der Waals surface area (Å²) in [7, 11) is 0. The van der Waals surface area contributed by atoms with Gasteiger partial charge in [-0.1, -0.05) is 29.8 Å². The molecule has 4 nitrogen and oxygen atoms in total. The Balaban J connectivity index is 1.85. The van der Waals surface area contributed by atoms with Gasteiger partial charge in [-0.15, -0.1) is 0 Å². The number of nitrogens with one attached hydrogen (secondary N) is 1. The van der Waals surface area contributed by atoms with Crippen LogP contribution in [0.5, 0.6) is 5.75 Å². The summed E-state index contributed by atoms with van der Waals surface area (Å²) >= 11 is 0. The van der Waals surface area contributed by atoms with Crippen molar-refractivity contribution in [1.82, 2.24) is 5.43 Å². The van der Waals surface area contributed by atoms with Crippen molar-refractivity contribution < 1.29 is 22.7 Å². The van der Waals surface area contributed by atoms with Crippen LogP contribution in [0.4, 0.5) is 13.2 Å². The molecular formula is C17H15F3N2O2. The Labute approximate surface area is 137 Å². The molecule has 0 aliphatic heterocycles. The summed E-state index contributed by atoms with van der Waals surface area (Å²) in [5.74, 6) is 0.0245. The molecule has 0 bridgehead atoms. The van der Waals surface area contributed by atoms with Crippen molar-refractivity contribution in [2.75, 3.05) is 6.61 Å². The standard InChI is InChI=1S/C17H15F3N2O2/c1-12-5-7-15(8-6-12)24-11-16(23)22-21-10-13-3-2-4-14(9-13)17(18,19)20/h2-10H,11H2,1H3,(H,22,23)/b21-10+. The zero-order valence-corrected chi connectivity index (χ0v) is 12.8. The lowest BCUT2D eigenvalue weighted by Crippen LogP contribution is -2.24. The van der Waals surface area contributed by atoms with Gasteiger partial charge in [0, 0.05) is 0 Å². The molecule has 2 aromatic rings. The van der Waals surface area contributed by atoms with Crippen molar-refractivity contribution in [3.05, 3.63) is 65.2 Å². The van der Waals surface area contributed by atoms with Crippen molar-refractivity contribution >= 4 is 12.1 Å². The Bertz CT molecular complexity index is 725. The fourth-order valence-electron chi connectivity index (χ4n) is 1.79. The minimum atomic E-state index is -4.42. The average Bonchev–Trinajstić information content (AvgIpc) is 2.54. The number of nitrogens with zero attached hydrogens (tertiary/aromatic N) is 1. The van der Waals surface area contributed by atoms with Crippen LogP contribution in [0.25, 0.3) is 0 Å². The second-order valence-electron chi connectivity index (χ2n) is 5.02. The number of carbonyl (C=O) groups is 1. The molecule has 0 aliphatic rings. The van der Waals surface area contributed by atoms with E-state index in [4.69, 9.17) is 4.74 Å². The van der Waals surface area contributed by atoms with Gasteiger partial charge >= 0.3 is 6.18 Å². The average molecular weight is 336 g/mol. The van der Waals surface area contributed by atoms with Crippen LogP contribution in [0.15, 0.2) is 53.6 Å². The maximum atomic E-state index is 12.6. The second-order valence-corrected chi connectivity index (χ2v) is 5.02. The molecular weight excluding hydrogens is 321 g/mol. The van der Waals surface area contributed by atoms with E-state index in [1.54, 1.807) is 12.1 Å². The zero-order valence-electron chi connectivity index (χ0n) is 12.8. The maximum Gasteiger partial charge on any atom is 0.416 e. The number of hydrogen-bond acceptors (Lipinski definition) is 3. The van der Waals surface area contributed by atoms with Crippen molar-refractivity contribution in [2.24, 2.45) is 5.10 Å². The molecule has 1 N–H and O–H groups in total. The quantitative estimate of drug-likeness (QED) is 0.671. The fourth-order valence-corrected chi connectivity index (χ4v) is 1.79. The van der Waals surface area contributed by atoms with Crippen LogP contribution >= 0.6 is 0 Å². The number of carbonyl (C=O) groups excluding carboxylic acids is 1. The summed E-state index contributed by atoms with van der Waals surface area (Å²) in [5.41, 5.74) is 2.71. The van der Waals surface area contributed by atoms with Gasteiger partial charge in [-0.25, -0.2) is 5.43 Å². The van der Waals surface area contributed by atoms with Gasteiger partial charge in [0.25, 0.3) is 5.91 Å². The molecule has 0 radical (unpaired) electrons. The van der Waals surface area contributed by atoms with E-state index in [9.17, 15) is 18.0 Å². The lowest BCUT2D eigenvalue weighted by Gasteiger charge is -2.06. The number of benzene rings is 2. The van der Waals surface area contributed by atoms with Gasteiger partial charge in [0.15, 0.2) is 6.61 Å². The minimum Gasteiger partial charge on any atom is -0.484 e. The second kappa shape index (κ2) is 7.63. The van der Waals surface area contributed by atoms with Crippen LogP contribution in [0.3, 0.4) is 0 Å². The summed E-state index contributed by atoms with van der Waals surface area (Å²) in [6, 6.07) is 11.8. The highest BCUT2D eigenvalue weighted by atomic mass is 19.4. The number of amides is 1. The first-order chi connectivity index (χ1) is 11.3. The van der Waals surface area contributed by atoms with Gasteiger partial charge < -0.3 is 4.74 Å². The molecule has 0 unspecified atom stereocenters. The highest BCUT2D eigenvalue weighted by Gasteiger charge is 2.30. The van der Waals surface area contributed by atoms with E-state index in [1.165, 1.54) is 12.1 Å². The van der Waals surface area contributed by atoms with Crippen LogP contribution in [0, 0.1) is 6.92 Å². The number of rotatable bonds is 5. The minimum absolute atomic E-state index is 0.226. The highest BCUT2D eigenvalue weighted by molar-refractivity contribution is 5.83. The molecule has 0 atom stereocenters. The third-order valence-corrected chi connectivity index (χ3v) is 3.01. The maximum absolute atomic E-state index is 12.6. The predicted octanol–water partition coefficient (Wildman–Crippen LogP) is 3.54. The zero-order chi connectivity index (χ0) is 17.6. The third-order valence-electron chi connectivity index (χ3n) is 3.01. The van der Waals surface area contributed by atoms with E-state index in [2.05, 4.69) is 10.5 Å². The van der Waals surface area contributed by atoms with E-state index in [0.29, 0.717) is 5.75 Å². The van der Waals surface area contributed by atoms with Gasteiger partial charge in [0.05, 0.1) is 11.8 Å². The van der Waals surface area contributed by atoms with Crippen molar-refractivity contribution in [2.45, 2.75) is 13.1 Å². The summed E-state index contributed by atoms with van der Waals surface area (Å²) in [6.45, 7) is 1.68. The number of ether oxygens (including phenoxy) is 1. The molecule has 0 fully saturated rings. The van der Waals surface area contributed by atoms with Crippen molar-refractivity contribution in [3.63, 3.8) is 0 Å². The first-order valence-electron chi connectivity index (χ1n) is 7.03. The van der Waals surface area contributed by atoms with Crippen molar-refractivity contribution in [3.8, 4) is 5.75 Å². The molecule has 0 saturated carbocycles. The van der Waals surface area contributed by atoms with Gasteiger partial charge in [0.1, 0.15) is 5.75 Å². The van der Waals surface area contributed by atoms with E-state index in [0.717, 1.165) is 23.9 Å². The summed E-state index contributed by atoms with van der Waals surface area (Å²) in [5, 5.41) is 3.62. The van der Waals surface area contributed by atoms with Gasteiger partial charge in [-0.2, -0.15) is 18.3 Å². The summed E-state index contributed by atoms with van der Waals surface area (Å²) in [6.07, 6.45) is -3.28. The molecule has 2 rings (SSSR count). The van der Waals surface area contributed by atoms with E-state index < -0.39 is 17.6 Å². The third kappa shape index (κ3) is 5.42. The number of aryl methyl sites for hydroxylation is 1. The lowest BCUT2D eigenvalue weighted by molar-refractivity contribution is -0.137. The van der Waals surface area contributed by atoms with E-state index in [1.807, 2.05) is 19.1 Å². The SMILES string of the molecule is Cc1ccc(OCC(=O)N/N=C/c2cccc(C(F)(F)F)c2)cc1. The van der Waals surface area contributed by atoms with Gasteiger partial charge in [-0.3, -0.25) is 4.79 Å². The van der Waals surface area contributed by atoms with Gasteiger partial charge in [0.2, 0.25) is 0 Å². The first-order valence-corrected chi connectivity index (χ1v) is 7.03. The normalized spacial score (nSPS) is 11.5. The number of alkyl halides is 3. The molecule has 0 heterocycles. The Morgan fingerprint density at radius 1 is 1.21 bits per heavy atom. The monoisotopic (exact) mass is 336 g/mol. The van der Waals surface area contributed by atoms with Crippen molar-refractivity contribution in [1.29, 1.82) is 0 Å². The number of halogens is 3. The molecule has 1 amide bonds. The predicted molar refractivity (Wildman–Crippen MR) is 83.9 cm³/mol. The highest BCUT2D eigenvalue weighted by Crippen LogP contribution is 2.29. The Morgan fingerprint density at radius 3 is 2.58 bits per heavy atom. The van der Waals surface area contributed by atoms with Crippen LogP contribution < -0.4 is 10.2 Å². The number of hydrogen-bond donors (Lipinski definition) is 1. The molecule has 0 aliphatic carbocycles. The molecule has 0 spiro atoms. The number of hydrazone groups is 1. The molecule has 0 saturated heterocycles. The van der Waals surface area contributed by atoms with Crippen LogP contribution in [0.2, 0.25) is 0 Å². The Hall–Kier alpha value is -2.83. The largest absolute Gasteiger partial charge is 0.484 e.